The second kappa shape index (κ2) is 9.57. The van der Waals surface area contributed by atoms with E-state index in [2.05, 4.69) is 28.0 Å². The Labute approximate surface area is 203 Å². The molecule has 1 saturated heterocycles. The SMILES string of the molecule is Cc1c(Cl)cccc1S(=O)(=O)N1CCN(c2ccc3c(c2)CCN(C2CCCC2)CC3)CC1. The first-order valence-corrected chi connectivity index (χ1v) is 14.1. The lowest BCUT2D eigenvalue weighted by Gasteiger charge is -2.36. The van der Waals surface area contributed by atoms with Crippen LogP contribution in [0.2, 0.25) is 5.02 Å². The van der Waals surface area contributed by atoms with Gasteiger partial charge < -0.3 is 4.90 Å². The number of piperazine rings is 1. The summed E-state index contributed by atoms with van der Waals surface area (Å²) < 4.78 is 28.0. The van der Waals surface area contributed by atoms with Crippen molar-refractivity contribution in [1.82, 2.24) is 9.21 Å². The Morgan fingerprint density at radius 1 is 0.879 bits per heavy atom. The van der Waals surface area contributed by atoms with Crippen LogP contribution < -0.4 is 4.90 Å². The Morgan fingerprint density at radius 3 is 2.30 bits per heavy atom. The monoisotopic (exact) mass is 487 g/mol. The van der Waals surface area contributed by atoms with Crippen LogP contribution in [0.5, 0.6) is 0 Å². The third-order valence-electron chi connectivity index (χ3n) is 7.81. The van der Waals surface area contributed by atoms with E-state index in [1.165, 1.54) is 49.0 Å². The molecule has 1 saturated carbocycles. The molecule has 1 aliphatic carbocycles. The van der Waals surface area contributed by atoms with Crippen molar-refractivity contribution in [2.45, 2.75) is 56.4 Å². The van der Waals surface area contributed by atoms with Gasteiger partial charge in [0, 0.05) is 56.0 Å². The summed E-state index contributed by atoms with van der Waals surface area (Å²) in [6, 6.07) is 12.8. The Bertz CT molecular complexity index is 1110. The number of sulfonamides is 1. The molecular weight excluding hydrogens is 454 g/mol. The van der Waals surface area contributed by atoms with E-state index < -0.39 is 10.0 Å². The standard InChI is InChI=1S/C26H34ClN3O2S/c1-20-25(27)7-4-8-26(20)33(31,32)30-17-15-29(16-18-30)24-10-9-21-11-13-28(14-12-22(21)19-24)23-5-2-3-6-23/h4,7-10,19,23H,2-3,5-6,11-18H2,1H3. The molecule has 0 bridgehead atoms. The summed E-state index contributed by atoms with van der Waals surface area (Å²) in [6.45, 7) is 6.48. The fraction of sp³-hybridized carbons (Fsp3) is 0.538. The fourth-order valence-corrected chi connectivity index (χ4v) is 7.65. The predicted octanol–water partition coefficient (Wildman–Crippen LogP) is 4.50. The van der Waals surface area contributed by atoms with Gasteiger partial charge in [-0.2, -0.15) is 4.31 Å². The average molecular weight is 488 g/mol. The molecule has 5 nitrogen and oxygen atoms in total. The molecule has 0 unspecified atom stereocenters. The van der Waals surface area contributed by atoms with Gasteiger partial charge in [-0.3, -0.25) is 4.90 Å². The molecular formula is C26H34ClN3O2S. The number of nitrogens with zero attached hydrogens (tertiary/aromatic N) is 3. The van der Waals surface area contributed by atoms with E-state index in [9.17, 15) is 8.42 Å². The minimum Gasteiger partial charge on any atom is -0.369 e. The molecule has 2 fully saturated rings. The topological polar surface area (TPSA) is 43.9 Å². The predicted molar refractivity (Wildman–Crippen MR) is 135 cm³/mol. The van der Waals surface area contributed by atoms with Gasteiger partial charge in [-0.1, -0.05) is 36.6 Å². The zero-order chi connectivity index (χ0) is 23.0. The third kappa shape index (κ3) is 4.68. The van der Waals surface area contributed by atoms with Crippen LogP contribution in [0.4, 0.5) is 5.69 Å². The maximum Gasteiger partial charge on any atom is 0.243 e. The maximum atomic E-state index is 13.2. The molecule has 2 aliphatic heterocycles. The van der Waals surface area contributed by atoms with Crippen molar-refractivity contribution in [2.75, 3.05) is 44.2 Å². The number of rotatable bonds is 4. The van der Waals surface area contributed by atoms with Crippen molar-refractivity contribution in [2.24, 2.45) is 0 Å². The van der Waals surface area contributed by atoms with Crippen LogP contribution >= 0.6 is 11.6 Å². The Hall–Kier alpha value is -1.60. The lowest BCUT2D eigenvalue weighted by Crippen LogP contribution is -2.48. The van der Waals surface area contributed by atoms with E-state index >= 15 is 0 Å². The van der Waals surface area contributed by atoms with Crippen LogP contribution in [0.15, 0.2) is 41.3 Å². The van der Waals surface area contributed by atoms with Gasteiger partial charge in [0.1, 0.15) is 0 Å². The lowest BCUT2D eigenvalue weighted by atomic mass is 10.0. The molecule has 0 radical (unpaired) electrons. The summed E-state index contributed by atoms with van der Waals surface area (Å²) in [6.07, 6.45) is 7.75. The van der Waals surface area contributed by atoms with Crippen molar-refractivity contribution < 1.29 is 8.42 Å². The highest BCUT2D eigenvalue weighted by molar-refractivity contribution is 7.89. The average Bonchev–Trinajstić information content (AvgIpc) is 3.28. The summed E-state index contributed by atoms with van der Waals surface area (Å²) in [5.74, 6) is 0. The highest BCUT2D eigenvalue weighted by Gasteiger charge is 2.30. The van der Waals surface area contributed by atoms with Gasteiger partial charge in [-0.15, -0.1) is 0 Å². The number of fused-ring (bicyclic) bond motifs is 1. The van der Waals surface area contributed by atoms with Crippen molar-refractivity contribution in [3.63, 3.8) is 0 Å². The third-order valence-corrected chi connectivity index (χ3v) is 10.3. The number of hydrogen-bond donors (Lipinski definition) is 0. The van der Waals surface area contributed by atoms with E-state index in [-0.39, 0.29) is 0 Å². The smallest absolute Gasteiger partial charge is 0.243 e. The van der Waals surface area contributed by atoms with E-state index in [1.807, 2.05) is 0 Å². The molecule has 0 atom stereocenters. The van der Waals surface area contributed by atoms with Gasteiger partial charge in [0.2, 0.25) is 10.0 Å². The molecule has 33 heavy (non-hydrogen) atoms. The van der Waals surface area contributed by atoms with Crippen LogP contribution in [-0.4, -0.2) is 62.9 Å². The molecule has 178 valence electrons. The number of benzene rings is 2. The number of halogens is 1. The van der Waals surface area contributed by atoms with Gasteiger partial charge in [0.25, 0.3) is 0 Å². The molecule has 2 aromatic rings. The Kier molecular flexibility index (Phi) is 6.72. The highest BCUT2D eigenvalue weighted by atomic mass is 35.5. The van der Waals surface area contributed by atoms with Crippen LogP contribution in [0, 0.1) is 6.92 Å². The van der Waals surface area contributed by atoms with E-state index in [0.29, 0.717) is 41.7 Å². The molecule has 0 amide bonds. The maximum absolute atomic E-state index is 13.2. The molecule has 3 aliphatic rings. The second-order valence-corrected chi connectivity index (χ2v) is 12.0. The highest BCUT2D eigenvalue weighted by Crippen LogP contribution is 2.30. The summed E-state index contributed by atoms with van der Waals surface area (Å²) >= 11 is 6.18. The van der Waals surface area contributed by atoms with Crippen molar-refractivity contribution in [1.29, 1.82) is 0 Å². The first-order valence-electron chi connectivity index (χ1n) is 12.3. The molecule has 2 aromatic carbocycles. The van der Waals surface area contributed by atoms with Crippen LogP contribution in [-0.2, 0) is 22.9 Å². The summed E-state index contributed by atoms with van der Waals surface area (Å²) in [4.78, 5) is 5.37. The Morgan fingerprint density at radius 2 is 1.58 bits per heavy atom. The van der Waals surface area contributed by atoms with Crippen LogP contribution in [0.25, 0.3) is 0 Å². The fourth-order valence-electron chi connectivity index (χ4n) is 5.75. The largest absolute Gasteiger partial charge is 0.369 e. The van der Waals surface area contributed by atoms with E-state index in [4.69, 9.17) is 11.6 Å². The second-order valence-electron chi connectivity index (χ2n) is 9.68. The molecule has 0 aromatic heterocycles. The van der Waals surface area contributed by atoms with Crippen molar-refractivity contribution in [3.05, 3.63) is 58.1 Å². The van der Waals surface area contributed by atoms with Gasteiger partial charge in [0.15, 0.2) is 0 Å². The number of anilines is 1. The zero-order valence-corrected chi connectivity index (χ0v) is 21.0. The summed E-state index contributed by atoms with van der Waals surface area (Å²) in [7, 11) is -3.54. The van der Waals surface area contributed by atoms with Crippen LogP contribution in [0.1, 0.15) is 42.4 Å². The zero-order valence-electron chi connectivity index (χ0n) is 19.5. The quantitative estimate of drug-likeness (QED) is 0.636. The summed E-state index contributed by atoms with van der Waals surface area (Å²) in [5.41, 5.74) is 4.80. The molecule has 0 N–H and O–H groups in total. The minimum absolute atomic E-state index is 0.320. The molecule has 2 heterocycles. The summed E-state index contributed by atoms with van der Waals surface area (Å²) in [5, 5.41) is 0.492. The Balaban J connectivity index is 1.25. The molecule has 5 rings (SSSR count). The normalized spacial score (nSPS) is 21.2. The first kappa shape index (κ1) is 23.2. The van der Waals surface area contributed by atoms with Crippen molar-refractivity contribution in [3.8, 4) is 0 Å². The van der Waals surface area contributed by atoms with E-state index in [0.717, 1.165) is 25.4 Å². The van der Waals surface area contributed by atoms with Crippen LogP contribution in [0.3, 0.4) is 0 Å². The first-order chi connectivity index (χ1) is 15.9. The van der Waals surface area contributed by atoms with Gasteiger partial charge >= 0.3 is 0 Å². The lowest BCUT2D eigenvalue weighted by molar-refractivity contribution is 0.208. The number of hydrogen-bond acceptors (Lipinski definition) is 4. The molecule has 0 spiro atoms. The van der Waals surface area contributed by atoms with E-state index in [1.54, 1.807) is 29.4 Å². The minimum atomic E-state index is -3.54. The van der Waals surface area contributed by atoms with Gasteiger partial charge in [0.05, 0.1) is 4.90 Å². The molecule has 7 heteroatoms. The van der Waals surface area contributed by atoms with Crippen molar-refractivity contribution >= 4 is 27.3 Å². The van der Waals surface area contributed by atoms with Gasteiger partial charge in [-0.25, -0.2) is 8.42 Å². The van der Waals surface area contributed by atoms with Gasteiger partial charge in [-0.05, 0) is 73.6 Å².